The van der Waals surface area contributed by atoms with Crippen LogP contribution in [0.15, 0.2) is 30.3 Å². The molecule has 1 aromatic carbocycles. The smallest absolute Gasteiger partial charge is 0.405 e. The second kappa shape index (κ2) is 6.45. The molecular formula is C14H16F3NO2. The van der Waals surface area contributed by atoms with Crippen molar-refractivity contribution in [2.75, 3.05) is 11.4 Å². The van der Waals surface area contributed by atoms with Crippen molar-refractivity contribution in [3.63, 3.8) is 0 Å². The highest BCUT2D eigenvalue weighted by Gasteiger charge is 2.31. The van der Waals surface area contributed by atoms with Crippen LogP contribution in [-0.4, -0.2) is 29.8 Å². The van der Waals surface area contributed by atoms with Gasteiger partial charge in [-0.05, 0) is 37.6 Å². The summed E-state index contributed by atoms with van der Waals surface area (Å²) in [4.78, 5) is 11.6. The molecule has 0 atom stereocenters. The third kappa shape index (κ3) is 5.34. The van der Waals surface area contributed by atoms with Crippen molar-refractivity contribution in [2.24, 2.45) is 0 Å². The van der Waals surface area contributed by atoms with Gasteiger partial charge in [-0.15, -0.1) is 0 Å². The lowest BCUT2D eigenvalue weighted by Crippen LogP contribution is -2.39. The quantitative estimate of drug-likeness (QED) is 0.842. The Kier molecular flexibility index (Phi) is 5.19. The van der Waals surface area contributed by atoms with E-state index < -0.39 is 18.7 Å². The predicted octanol–water partition coefficient (Wildman–Crippen LogP) is 3.56. The molecule has 0 bridgehead atoms. The fourth-order valence-corrected chi connectivity index (χ4v) is 1.71. The normalized spacial score (nSPS) is 12.1. The highest BCUT2D eigenvalue weighted by atomic mass is 19.4. The van der Waals surface area contributed by atoms with Crippen LogP contribution < -0.4 is 4.90 Å². The van der Waals surface area contributed by atoms with Crippen LogP contribution >= 0.6 is 0 Å². The van der Waals surface area contributed by atoms with E-state index in [1.807, 2.05) is 0 Å². The summed E-state index contributed by atoms with van der Waals surface area (Å²) in [6.07, 6.45) is -1.91. The van der Waals surface area contributed by atoms with E-state index in [0.29, 0.717) is 11.3 Å². The molecule has 1 rings (SSSR count). The van der Waals surface area contributed by atoms with E-state index in [4.69, 9.17) is 5.11 Å². The van der Waals surface area contributed by atoms with Crippen LogP contribution in [0.2, 0.25) is 0 Å². The third-order valence-corrected chi connectivity index (χ3v) is 2.62. The molecule has 20 heavy (non-hydrogen) atoms. The molecule has 0 unspecified atom stereocenters. The first-order valence-corrected chi connectivity index (χ1v) is 6.03. The standard InChI is InChI=1S/C14H16F3NO2/c1-10(2)18(9-14(15,16)17)12-6-3-11(4-7-12)5-8-13(19)20/h3-8,10H,9H2,1-2H3,(H,19,20). The van der Waals surface area contributed by atoms with Gasteiger partial charge in [-0.3, -0.25) is 0 Å². The molecule has 0 saturated carbocycles. The number of nitrogens with zero attached hydrogens (tertiary/aromatic N) is 1. The Bertz CT molecular complexity index is 478. The highest BCUT2D eigenvalue weighted by molar-refractivity contribution is 5.85. The van der Waals surface area contributed by atoms with Crippen LogP contribution in [0.3, 0.4) is 0 Å². The number of halogens is 3. The van der Waals surface area contributed by atoms with Crippen molar-refractivity contribution in [3.05, 3.63) is 35.9 Å². The Morgan fingerprint density at radius 1 is 1.30 bits per heavy atom. The number of carboxylic acid groups (broad SMARTS) is 1. The van der Waals surface area contributed by atoms with Gasteiger partial charge in [0.1, 0.15) is 6.54 Å². The second-order valence-corrected chi connectivity index (χ2v) is 4.60. The predicted molar refractivity (Wildman–Crippen MR) is 71.6 cm³/mol. The number of alkyl halides is 3. The van der Waals surface area contributed by atoms with E-state index in [1.165, 1.54) is 11.0 Å². The first-order valence-electron chi connectivity index (χ1n) is 6.03. The summed E-state index contributed by atoms with van der Waals surface area (Å²) < 4.78 is 37.6. The number of benzene rings is 1. The lowest BCUT2D eigenvalue weighted by Gasteiger charge is -2.29. The molecule has 0 saturated heterocycles. The van der Waals surface area contributed by atoms with Gasteiger partial charge in [0, 0.05) is 17.8 Å². The first kappa shape index (κ1) is 16.1. The van der Waals surface area contributed by atoms with Gasteiger partial charge < -0.3 is 10.0 Å². The molecule has 0 aromatic heterocycles. The van der Waals surface area contributed by atoms with Gasteiger partial charge in [-0.1, -0.05) is 12.1 Å². The van der Waals surface area contributed by atoms with Crippen molar-refractivity contribution in [3.8, 4) is 0 Å². The molecule has 0 radical (unpaired) electrons. The maximum Gasteiger partial charge on any atom is 0.405 e. The minimum atomic E-state index is -4.27. The largest absolute Gasteiger partial charge is 0.478 e. The average molecular weight is 287 g/mol. The third-order valence-electron chi connectivity index (χ3n) is 2.62. The minimum absolute atomic E-state index is 0.294. The zero-order chi connectivity index (χ0) is 15.3. The molecule has 3 nitrogen and oxygen atoms in total. The van der Waals surface area contributed by atoms with Crippen LogP contribution in [-0.2, 0) is 4.79 Å². The maximum atomic E-state index is 12.5. The van der Waals surface area contributed by atoms with Crippen molar-refractivity contribution < 1.29 is 23.1 Å². The highest BCUT2D eigenvalue weighted by Crippen LogP contribution is 2.24. The van der Waals surface area contributed by atoms with Gasteiger partial charge in [0.05, 0.1) is 0 Å². The van der Waals surface area contributed by atoms with Crippen LogP contribution in [0.5, 0.6) is 0 Å². The Labute approximate surface area is 115 Å². The Hall–Kier alpha value is -1.98. The van der Waals surface area contributed by atoms with Gasteiger partial charge in [0.25, 0.3) is 0 Å². The van der Waals surface area contributed by atoms with Crippen LogP contribution in [0.1, 0.15) is 19.4 Å². The van der Waals surface area contributed by atoms with Crippen molar-refractivity contribution in [1.29, 1.82) is 0 Å². The fourth-order valence-electron chi connectivity index (χ4n) is 1.71. The van der Waals surface area contributed by atoms with E-state index in [1.54, 1.807) is 38.1 Å². The summed E-state index contributed by atoms with van der Waals surface area (Å²) in [5.41, 5.74) is 1.07. The van der Waals surface area contributed by atoms with E-state index in [2.05, 4.69) is 0 Å². The second-order valence-electron chi connectivity index (χ2n) is 4.60. The summed E-state index contributed by atoms with van der Waals surface area (Å²) in [5.74, 6) is -1.07. The van der Waals surface area contributed by atoms with Gasteiger partial charge >= 0.3 is 12.1 Å². The summed E-state index contributed by atoms with van der Waals surface area (Å²) in [6, 6.07) is 5.97. The van der Waals surface area contributed by atoms with Crippen LogP contribution in [0.4, 0.5) is 18.9 Å². The van der Waals surface area contributed by atoms with Gasteiger partial charge in [-0.25, -0.2) is 4.79 Å². The number of carboxylic acids is 1. The van der Waals surface area contributed by atoms with Crippen LogP contribution in [0, 0.1) is 0 Å². The average Bonchev–Trinajstić information content (AvgIpc) is 2.33. The molecule has 0 aliphatic carbocycles. The monoisotopic (exact) mass is 287 g/mol. The molecule has 0 aliphatic heterocycles. The molecular weight excluding hydrogens is 271 g/mol. The Morgan fingerprint density at radius 3 is 2.25 bits per heavy atom. The zero-order valence-electron chi connectivity index (χ0n) is 11.2. The molecule has 0 heterocycles. The molecule has 1 N–H and O–H groups in total. The van der Waals surface area contributed by atoms with Gasteiger partial charge in [-0.2, -0.15) is 13.2 Å². The van der Waals surface area contributed by atoms with Gasteiger partial charge in [0.15, 0.2) is 0 Å². The molecule has 0 amide bonds. The zero-order valence-corrected chi connectivity index (χ0v) is 11.2. The minimum Gasteiger partial charge on any atom is -0.478 e. The lowest BCUT2D eigenvalue weighted by atomic mass is 10.1. The number of carbonyl (C=O) groups is 1. The van der Waals surface area contributed by atoms with E-state index in [9.17, 15) is 18.0 Å². The van der Waals surface area contributed by atoms with Crippen molar-refractivity contribution in [1.82, 2.24) is 0 Å². The van der Waals surface area contributed by atoms with Crippen molar-refractivity contribution >= 4 is 17.7 Å². The maximum absolute atomic E-state index is 12.5. The molecule has 0 aliphatic rings. The summed E-state index contributed by atoms with van der Waals surface area (Å²) >= 11 is 0. The summed E-state index contributed by atoms with van der Waals surface area (Å²) in [5, 5.41) is 8.50. The Balaban J connectivity index is 2.91. The van der Waals surface area contributed by atoms with Crippen molar-refractivity contribution in [2.45, 2.75) is 26.1 Å². The SMILES string of the molecule is CC(C)N(CC(F)(F)F)c1ccc(C=CC(=O)O)cc1. The topological polar surface area (TPSA) is 40.5 Å². The molecule has 110 valence electrons. The number of hydrogen-bond donors (Lipinski definition) is 1. The number of anilines is 1. The molecule has 0 spiro atoms. The summed E-state index contributed by atoms with van der Waals surface area (Å²) in [6.45, 7) is 2.35. The van der Waals surface area contributed by atoms with E-state index in [0.717, 1.165) is 6.08 Å². The Morgan fingerprint density at radius 2 is 1.85 bits per heavy atom. The number of hydrogen-bond acceptors (Lipinski definition) is 2. The fraction of sp³-hybridized carbons (Fsp3) is 0.357. The molecule has 1 aromatic rings. The van der Waals surface area contributed by atoms with E-state index in [-0.39, 0.29) is 6.04 Å². The van der Waals surface area contributed by atoms with E-state index >= 15 is 0 Å². The lowest BCUT2D eigenvalue weighted by molar-refractivity contribution is -0.131. The molecule has 6 heteroatoms. The first-order chi connectivity index (χ1) is 9.19. The van der Waals surface area contributed by atoms with Crippen LogP contribution in [0.25, 0.3) is 6.08 Å². The molecule has 0 fully saturated rings. The summed E-state index contributed by atoms with van der Waals surface area (Å²) in [7, 11) is 0. The number of rotatable bonds is 5. The number of aliphatic carboxylic acids is 1. The van der Waals surface area contributed by atoms with Gasteiger partial charge in [0.2, 0.25) is 0 Å².